The second kappa shape index (κ2) is 7.14. The Balaban J connectivity index is 2.27. The Morgan fingerprint density at radius 3 is 2.21 bits per heavy atom. The van der Waals surface area contributed by atoms with Gasteiger partial charge in [-0.2, -0.15) is 18.4 Å². The summed E-state index contributed by atoms with van der Waals surface area (Å²) in [6.45, 7) is 1.53. The van der Waals surface area contributed by atoms with Crippen molar-refractivity contribution < 1.29 is 23.1 Å². The smallest absolute Gasteiger partial charge is 0.336 e. The van der Waals surface area contributed by atoms with E-state index < -0.39 is 16.0 Å². The van der Waals surface area contributed by atoms with E-state index in [1.54, 1.807) is 18.2 Å². The van der Waals surface area contributed by atoms with E-state index >= 15 is 0 Å². The third kappa shape index (κ3) is 3.90. The Labute approximate surface area is 139 Å². The molecule has 8 heteroatoms. The van der Waals surface area contributed by atoms with Gasteiger partial charge in [-0.15, -0.1) is 0 Å². The molecule has 0 unspecified atom stereocenters. The first-order chi connectivity index (χ1) is 11.3. The minimum Gasteiger partial charge on any atom is -0.497 e. The summed E-state index contributed by atoms with van der Waals surface area (Å²) in [5, 5.41) is 13.0. The number of nitrogens with zero attached hydrogens (tertiary/aromatic N) is 1. The number of methoxy groups -OCH3 is 1. The fourth-order valence-corrected chi connectivity index (χ4v) is 2.84. The van der Waals surface area contributed by atoms with Crippen molar-refractivity contribution in [1.29, 1.82) is 0 Å². The minimum absolute atomic E-state index is 0.0198. The van der Waals surface area contributed by atoms with E-state index in [2.05, 4.69) is 9.93 Å². The van der Waals surface area contributed by atoms with Gasteiger partial charge in [-0.05, 0) is 37.3 Å². The number of sulfonamides is 1. The number of carboxylic acids is 1. The van der Waals surface area contributed by atoms with Crippen molar-refractivity contribution in [1.82, 2.24) is 4.83 Å². The summed E-state index contributed by atoms with van der Waals surface area (Å²) in [7, 11) is -2.38. The molecular formula is C16H16N2O5S. The molecule has 2 N–H and O–H groups in total. The zero-order chi connectivity index (χ0) is 17.7. The fraction of sp³-hybridized carbons (Fsp3) is 0.125. The predicted molar refractivity (Wildman–Crippen MR) is 88.9 cm³/mol. The van der Waals surface area contributed by atoms with Crippen molar-refractivity contribution >= 4 is 21.7 Å². The number of benzene rings is 2. The molecule has 2 aromatic carbocycles. The maximum atomic E-state index is 12.2. The second-order valence-corrected chi connectivity index (χ2v) is 6.48. The van der Waals surface area contributed by atoms with Crippen LogP contribution in [0.25, 0.3) is 0 Å². The SMILES string of the molecule is COc1ccc(S(=O)(=O)NN=C(C)c2ccccc2C(=O)O)cc1. The quantitative estimate of drug-likeness (QED) is 0.614. The van der Waals surface area contributed by atoms with E-state index in [1.807, 2.05) is 0 Å². The number of hydrogen-bond donors (Lipinski definition) is 2. The summed E-state index contributed by atoms with van der Waals surface area (Å²) in [5.74, 6) is -0.581. The van der Waals surface area contributed by atoms with Crippen molar-refractivity contribution in [2.24, 2.45) is 5.10 Å². The van der Waals surface area contributed by atoms with Crippen LogP contribution in [0.1, 0.15) is 22.8 Å². The molecule has 24 heavy (non-hydrogen) atoms. The molecule has 2 rings (SSSR count). The Bertz CT molecular complexity index is 874. The Morgan fingerprint density at radius 2 is 1.67 bits per heavy atom. The lowest BCUT2D eigenvalue weighted by atomic mass is 10.0. The molecule has 126 valence electrons. The summed E-state index contributed by atoms with van der Waals surface area (Å²) in [5.41, 5.74) is 0.620. The lowest BCUT2D eigenvalue weighted by Crippen LogP contribution is -2.20. The first-order valence-corrected chi connectivity index (χ1v) is 8.36. The van der Waals surface area contributed by atoms with Gasteiger partial charge >= 0.3 is 5.97 Å². The van der Waals surface area contributed by atoms with Gasteiger partial charge in [0, 0.05) is 5.56 Å². The molecule has 7 nitrogen and oxygen atoms in total. The van der Waals surface area contributed by atoms with Crippen molar-refractivity contribution in [3.63, 3.8) is 0 Å². The van der Waals surface area contributed by atoms with Gasteiger partial charge in [-0.25, -0.2) is 4.79 Å². The number of rotatable bonds is 6. The summed E-state index contributed by atoms with van der Waals surface area (Å²) >= 11 is 0. The molecule has 0 heterocycles. The number of hydrogen-bond acceptors (Lipinski definition) is 5. The van der Waals surface area contributed by atoms with Gasteiger partial charge in [0.1, 0.15) is 5.75 Å². The average Bonchev–Trinajstić information content (AvgIpc) is 2.59. The maximum absolute atomic E-state index is 12.2. The van der Waals surface area contributed by atoms with Crippen LogP contribution < -0.4 is 9.57 Å². The molecule has 0 saturated heterocycles. The normalized spacial score (nSPS) is 11.8. The number of ether oxygens (including phenoxy) is 1. The second-order valence-electron chi connectivity index (χ2n) is 4.82. The largest absolute Gasteiger partial charge is 0.497 e. The maximum Gasteiger partial charge on any atom is 0.336 e. The van der Waals surface area contributed by atoms with Crippen molar-refractivity contribution in [3.05, 3.63) is 59.7 Å². The zero-order valence-electron chi connectivity index (χ0n) is 13.1. The lowest BCUT2D eigenvalue weighted by Gasteiger charge is -2.08. The molecule has 0 aromatic heterocycles. The monoisotopic (exact) mass is 348 g/mol. The Morgan fingerprint density at radius 1 is 1.08 bits per heavy atom. The number of aromatic carboxylic acids is 1. The average molecular weight is 348 g/mol. The highest BCUT2D eigenvalue weighted by Crippen LogP contribution is 2.15. The molecule has 0 aliphatic carbocycles. The number of hydrazone groups is 1. The standard InChI is InChI=1S/C16H16N2O5S/c1-11(14-5-3-4-6-15(14)16(19)20)17-18-24(21,22)13-9-7-12(23-2)8-10-13/h3-10,18H,1-2H3,(H,19,20). The van der Waals surface area contributed by atoms with Crippen LogP contribution in [0.3, 0.4) is 0 Å². The van der Waals surface area contributed by atoms with Gasteiger partial charge in [0.2, 0.25) is 0 Å². The van der Waals surface area contributed by atoms with Crippen LogP contribution in [-0.4, -0.2) is 32.3 Å². The van der Waals surface area contributed by atoms with Crippen LogP contribution in [0, 0.1) is 0 Å². The molecule has 0 aliphatic rings. The molecule has 0 bridgehead atoms. The van der Waals surface area contributed by atoms with Gasteiger partial charge < -0.3 is 9.84 Å². The highest BCUT2D eigenvalue weighted by molar-refractivity contribution is 7.89. The highest BCUT2D eigenvalue weighted by Gasteiger charge is 2.15. The first kappa shape index (κ1) is 17.5. The zero-order valence-corrected chi connectivity index (χ0v) is 13.9. The fourth-order valence-electron chi connectivity index (χ4n) is 1.98. The van der Waals surface area contributed by atoms with Gasteiger partial charge in [0.15, 0.2) is 0 Å². The summed E-state index contributed by atoms with van der Waals surface area (Å²) in [4.78, 5) is 13.3. The Kier molecular flexibility index (Phi) is 5.20. The predicted octanol–water partition coefficient (Wildman–Crippen LogP) is 2.10. The van der Waals surface area contributed by atoms with Crippen LogP contribution in [0.15, 0.2) is 58.5 Å². The van der Waals surface area contributed by atoms with Gasteiger partial charge in [-0.3, -0.25) is 0 Å². The van der Waals surface area contributed by atoms with Crippen LogP contribution in [-0.2, 0) is 10.0 Å². The van der Waals surface area contributed by atoms with E-state index in [-0.39, 0.29) is 16.2 Å². The van der Waals surface area contributed by atoms with Gasteiger partial charge in [0.25, 0.3) is 10.0 Å². The van der Waals surface area contributed by atoms with Crippen molar-refractivity contribution in [2.75, 3.05) is 7.11 Å². The van der Waals surface area contributed by atoms with Crippen molar-refractivity contribution in [3.8, 4) is 5.75 Å². The van der Waals surface area contributed by atoms with E-state index in [1.165, 1.54) is 44.4 Å². The lowest BCUT2D eigenvalue weighted by molar-refractivity contribution is 0.0696. The summed E-state index contributed by atoms with van der Waals surface area (Å²) < 4.78 is 29.4. The summed E-state index contributed by atoms with van der Waals surface area (Å²) in [6.07, 6.45) is 0. The molecule has 0 fully saturated rings. The molecule has 0 spiro atoms. The van der Waals surface area contributed by atoms with Crippen LogP contribution in [0.2, 0.25) is 0 Å². The van der Waals surface area contributed by atoms with E-state index in [0.717, 1.165) is 0 Å². The minimum atomic E-state index is -3.86. The van der Waals surface area contributed by atoms with E-state index in [4.69, 9.17) is 9.84 Å². The van der Waals surface area contributed by atoms with Gasteiger partial charge in [-0.1, -0.05) is 18.2 Å². The highest BCUT2D eigenvalue weighted by atomic mass is 32.2. The molecular weight excluding hydrogens is 332 g/mol. The molecule has 0 amide bonds. The van der Waals surface area contributed by atoms with Crippen LogP contribution in [0.4, 0.5) is 0 Å². The van der Waals surface area contributed by atoms with E-state index in [9.17, 15) is 13.2 Å². The molecule has 0 saturated carbocycles. The molecule has 0 atom stereocenters. The van der Waals surface area contributed by atoms with Gasteiger partial charge in [0.05, 0.1) is 23.3 Å². The number of nitrogens with one attached hydrogen (secondary N) is 1. The number of carboxylic acid groups (broad SMARTS) is 1. The molecule has 0 radical (unpaired) electrons. The van der Waals surface area contributed by atoms with Crippen LogP contribution in [0.5, 0.6) is 5.75 Å². The third-order valence-corrected chi connectivity index (χ3v) is 4.47. The summed E-state index contributed by atoms with van der Waals surface area (Å²) in [6, 6.07) is 12.0. The first-order valence-electron chi connectivity index (χ1n) is 6.88. The Hall–Kier alpha value is -2.87. The third-order valence-electron chi connectivity index (χ3n) is 3.25. The van der Waals surface area contributed by atoms with Crippen molar-refractivity contribution in [2.45, 2.75) is 11.8 Å². The molecule has 0 aliphatic heterocycles. The number of carbonyl (C=O) groups is 1. The van der Waals surface area contributed by atoms with E-state index in [0.29, 0.717) is 11.3 Å². The topological polar surface area (TPSA) is 105 Å². The van der Waals surface area contributed by atoms with Crippen LogP contribution >= 0.6 is 0 Å². The molecule has 2 aromatic rings.